The maximum atomic E-state index is 5.88. The standard InChI is InChI=1S/C12H19ClN2S/c13-11-3-2-10(16-11)4-7-15-9-12(8-14)5-1-6-12/h2-3,15H,1,4-9,14H2. The zero-order valence-electron chi connectivity index (χ0n) is 9.47. The lowest BCUT2D eigenvalue weighted by Crippen LogP contribution is -2.45. The van der Waals surface area contributed by atoms with E-state index in [4.69, 9.17) is 17.3 Å². The van der Waals surface area contributed by atoms with Gasteiger partial charge in [0.25, 0.3) is 0 Å². The highest BCUT2D eigenvalue weighted by atomic mass is 35.5. The topological polar surface area (TPSA) is 38.0 Å². The highest BCUT2D eigenvalue weighted by molar-refractivity contribution is 7.16. The molecule has 2 rings (SSSR count). The van der Waals surface area contributed by atoms with Crippen LogP contribution in [0.2, 0.25) is 4.34 Å². The van der Waals surface area contributed by atoms with Crippen LogP contribution in [0, 0.1) is 5.41 Å². The lowest BCUT2D eigenvalue weighted by atomic mass is 9.69. The maximum Gasteiger partial charge on any atom is 0.0931 e. The van der Waals surface area contributed by atoms with E-state index in [0.717, 1.165) is 30.4 Å². The monoisotopic (exact) mass is 258 g/mol. The molecule has 1 aliphatic carbocycles. The Morgan fingerprint density at radius 2 is 2.25 bits per heavy atom. The Balaban J connectivity index is 1.65. The number of thiophene rings is 1. The molecule has 1 aromatic heterocycles. The fraction of sp³-hybridized carbons (Fsp3) is 0.667. The van der Waals surface area contributed by atoms with Crippen molar-refractivity contribution in [2.45, 2.75) is 25.7 Å². The number of nitrogens with two attached hydrogens (primary N) is 1. The fourth-order valence-electron chi connectivity index (χ4n) is 2.18. The van der Waals surface area contributed by atoms with Gasteiger partial charge in [-0.05, 0) is 49.9 Å². The van der Waals surface area contributed by atoms with Crippen molar-refractivity contribution in [3.63, 3.8) is 0 Å². The first kappa shape index (κ1) is 12.4. The Morgan fingerprint density at radius 1 is 1.44 bits per heavy atom. The molecule has 0 spiro atoms. The Kier molecular flexibility index (Phi) is 4.25. The molecule has 0 unspecified atom stereocenters. The summed E-state index contributed by atoms with van der Waals surface area (Å²) in [5, 5.41) is 3.52. The first-order valence-electron chi connectivity index (χ1n) is 5.89. The van der Waals surface area contributed by atoms with Crippen LogP contribution in [0.4, 0.5) is 0 Å². The first-order valence-corrected chi connectivity index (χ1v) is 7.09. The molecule has 90 valence electrons. The van der Waals surface area contributed by atoms with Gasteiger partial charge in [-0.1, -0.05) is 18.0 Å². The largest absolute Gasteiger partial charge is 0.330 e. The third-order valence-corrected chi connectivity index (χ3v) is 4.82. The maximum absolute atomic E-state index is 5.88. The van der Waals surface area contributed by atoms with Gasteiger partial charge in [0, 0.05) is 11.4 Å². The van der Waals surface area contributed by atoms with Gasteiger partial charge < -0.3 is 11.1 Å². The molecule has 0 aromatic carbocycles. The summed E-state index contributed by atoms with van der Waals surface area (Å²) in [6, 6.07) is 4.07. The van der Waals surface area contributed by atoms with Crippen LogP contribution < -0.4 is 11.1 Å². The summed E-state index contributed by atoms with van der Waals surface area (Å²) in [6.45, 7) is 2.92. The molecule has 0 aliphatic heterocycles. The van der Waals surface area contributed by atoms with Crippen molar-refractivity contribution in [2.75, 3.05) is 19.6 Å². The molecule has 0 radical (unpaired) electrons. The first-order chi connectivity index (χ1) is 7.74. The molecular weight excluding hydrogens is 240 g/mol. The molecule has 1 aromatic rings. The summed E-state index contributed by atoms with van der Waals surface area (Å²) in [4.78, 5) is 1.35. The third-order valence-electron chi connectivity index (χ3n) is 3.52. The SMILES string of the molecule is NCC1(CNCCc2ccc(Cl)s2)CCC1. The molecule has 1 fully saturated rings. The molecule has 4 heteroatoms. The van der Waals surface area contributed by atoms with Gasteiger partial charge in [-0.3, -0.25) is 0 Å². The van der Waals surface area contributed by atoms with E-state index in [2.05, 4.69) is 11.4 Å². The quantitative estimate of drug-likeness (QED) is 0.770. The molecule has 0 amide bonds. The van der Waals surface area contributed by atoms with E-state index in [9.17, 15) is 0 Å². The number of hydrogen-bond donors (Lipinski definition) is 2. The Hall–Kier alpha value is -0.0900. The second-order valence-corrected chi connectivity index (χ2v) is 6.49. The summed E-state index contributed by atoms with van der Waals surface area (Å²) in [7, 11) is 0. The van der Waals surface area contributed by atoms with Crippen LogP contribution in [0.15, 0.2) is 12.1 Å². The molecule has 0 bridgehead atoms. The van der Waals surface area contributed by atoms with E-state index < -0.39 is 0 Å². The fourth-order valence-corrected chi connectivity index (χ4v) is 3.27. The minimum absolute atomic E-state index is 0.410. The molecule has 2 nitrogen and oxygen atoms in total. The van der Waals surface area contributed by atoms with Crippen LogP contribution in [-0.2, 0) is 6.42 Å². The van der Waals surface area contributed by atoms with Gasteiger partial charge in [0.1, 0.15) is 0 Å². The lowest BCUT2D eigenvalue weighted by molar-refractivity contribution is 0.142. The Bertz CT molecular complexity index is 328. The van der Waals surface area contributed by atoms with Crippen LogP contribution in [0.3, 0.4) is 0 Å². The van der Waals surface area contributed by atoms with E-state index in [1.165, 1.54) is 24.1 Å². The van der Waals surface area contributed by atoms with Crippen LogP contribution in [0.5, 0.6) is 0 Å². The van der Waals surface area contributed by atoms with Gasteiger partial charge in [-0.25, -0.2) is 0 Å². The lowest BCUT2D eigenvalue weighted by Gasteiger charge is -2.41. The highest BCUT2D eigenvalue weighted by Crippen LogP contribution is 2.39. The van der Waals surface area contributed by atoms with Crippen molar-refractivity contribution in [2.24, 2.45) is 11.1 Å². The summed E-state index contributed by atoms with van der Waals surface area (Å²) in [6.07, 6.45) is 5.00. The predicted molar refractivity (Wildman–Crippen MR) is 71.2 cm³/mol. The minimum atomic E-state index is 0.410. The van der Waals surface area contributed by atoms with Crippen molar-refractivity contribution >= 4 is 22.9 Å². The van der Waals surface area contributed by atoms with E-state index in [0.29, 0.717) is 5.41 Å². The van der Waals surface area contributed by atoms with Gasteiger partial charge in [-0.15, -0.1) is 11.3 Å². The average Bonchev–Trinajstić information content (AvgIpc) is 2.62. The summed E-state index contributed by atoms with van der Waals surface area (Å²) in [5.74, 6) is 0. The number of halogens is 1. The van der Waals surface area contributed by atoms with Crippen LogP contribution in [0.1, 0.15) is 24.1 Å². The minimum Gasteiger partial charge on any atom is -0.330 e. The second kappa shape index (κ2) is 5.50. The molecule has 16 heavy (non-hydrogen) atoms. The molecule has 1 heterocycles. The van der Waals surface area contributed by atoms with Gasteiger partial charge in [0.2, 0.25) is 0 Å². The van der Waals surface area contributed by atoms with E-state index >= 15 is 0 Å². The van der Waals surface area contributed by atoms with Crippen LogP contribution in [0.25, 0.3) is 0 Å². The van der Waals surface area contributed by atoms with Crippen molar-refractivity contribution < 1.29 is 0 Å². The van der Waals surface area contributed by atoms with Gasteiger partial charge >= 0.3 is 0 Å². The molecular formula is C12H19ClN2S. The molecule has 1 aliphatic rings. The molecule has 0 saturated heterocycles. The zero-order chi connectivity index (χ0) is 11.4. The third kappa shape index (κ3) is 2.98. The van der Waals surface area contributed by atoms with E-state index in [1.807, 2.05) is 6.07 Å². The van der Waals surface area contributed by atoms with E-state index in [1.54, 1.807) is 11.3 Å². The predicted octanol–water partition coefficient (Wildman–Crippen LogP) is 2.66. The summed E-state index contributed by atoms with van der Waals surface area (Å²) >= 11 is 7.55. The second-order valence-electron chi connectivity index (χ2n) is 4.69. The van der Waals surface area contributed by atoms with Gasteiger partial charge in [-0.2, -0.15) is 0 Å². The van der Waals surface area contributed by atoms with Crippen molar-refractivity contribution in [3.8, 4) is 0 Å². The summed E-state index contributed by atoms with van der Waals surface area (Å²) in [5.41, 5.74) is 6.22. The van der Waals surface area contributed by atoms with E-state index in [-0.39, 0.29) is 0 Å². The van der Waals surface area contributed by atoms with Crippen molar-refractivity contribution in [1.82, 2.24) is 5.32 Å². The van der Waals surface area contributed by atoms with Gasteiger partial charge in [0.15, 0.2) is 0 Å². The van der Waals surface area contributed by atoms with Crippen LogP contribution in [-0.4, -0.2) is 19.6 Å². The Labute approximate surface area is 106 Å². The smallest absolute Gasteiger partial charge is 0.0931 e. The van der Waals surface area contributed by atoms with Gasteiger partial charge in [0.05, 0.1) is 4.34 Å². The van der Waals surface area contributed by atoms with Crippen LogP contribution >= 0.6 is 22.9 Å². The van der Waals surface area contributed by atoms with Crippen molar-refractivity contribution in [1.29, 1.82) is 0 Å². The molecule has 1 saturated carbocycles. The Morgan fingerprint density at radius 3 is 2.75 bits per heavy atom. The van der Waals surface area contributed by atoms with Crippen molar-refractivity contribution in [3.05, 3.63) is 21.3 Å². The molecule has 3 N–H and O–H groups in total. The zero-order valence-corrected chi connectivity index (χ0v) is 11.0. The molecule has 0 atom stereocenters. The number of nitrogens with one attached hydrogen (secondary N) is 1. The average molecular weight is 259 g/mol. The number of rotatable bonds is 6. The summed E-state index contributed by atoms with van der Waals surface area (Å²) < 4.78 is 0.882. The normalized spacial score (nSPS) is 18.4. The highest BCUT2D eigenvalue weighted by Gasteiger charge is 2.34. The number of hydrogen-bond acceptors (Lipinski definition) is 3.